The molecule has 33 heavy (non-hydrogen) atoms. The van der Waals surface area contributed by atoms with Crippen molar-refractivity contribution >= 4 is 50.9 Å². The van der Waals surface area contributed by atoms with E-state index >= 15 is 0 Å². The van der Waals surface area contributed by atoms with Gasteiger partial charge in [-0.2, -0.15) is 0 Å². The first-order valence-corrected chi connectivity index (χ1v) is 12.6. The van der Waals surface area contributed by atoms with Crippen molar-refractivity contribution in [1.82, 2.24) is 15.2 Å². The molecule has 1 amide bonds. The Bertz CT molecular complexity index is 1290. The number of fused-ring (bicyclic) bond motifs is 2. The van der Waals surface area contributed by atoms with Crippen molar-refractivity contribution in [3.05, 3.63) is 65.7 Å². The Labute approximate surface area is 200 Å². The zero-order valence-electron chi connectivity index (χ0n) is 18.2. The van der Waals surface area contributed by atoms with Gasteiger partial charge in [0, 0.05) is 18.5 Å². The van der Waals surface area contributed by atoms with Gasteiger partial charge in [0.1, 0.15) is 17.1 Å². The number of carbonyl (C=O) groups is 1. The predicted octanol–water partition coefficient (Wildman–Crippen LogP) is 4.78. The van der Waals surface area contributed by atoms with Gasteiger partial charge in [-0.3, -0.25) is 10.1 Å². The molecule has 3 heterocycles. The van der Waals surface area contributed by atoms with E-state index in [0.29, 0.717) is 10.9 Å². The fraction of sp³-hybridized carbons (Fsp3) is 0.250. The lowest BCUT2D eigenvalue weighted by atomic mass is 10.00. The Balaban J connectivity index is 1.30. The number of benzene rings is 2. The molecule has 5 rings (SSSR count). The van der Waals surface area contributed by atoms with Crippen molar-refractivity contribution < 1.29 is 9.53 Å². The third-order valence-corrected chi connectivity index (χ3v) is 7.26. The van der Waals surface area contributed by atoms with Crippen LogP contribution in [0.15, 0.2) is 58.9 Å². The molecule has 0 aliphatic carbocycles. The first-order chi connectivity index (χ1) is 16.2. The molecule has 168 valence electrons. The normalized spacial score (nSPS) is 13.1. The van der Waals surface area contributed by atoms with E-state index in [9.17, 15) is 4.79 Å². The minimum Gasteiger partial charge on any atom is -0.481 e. The second kappa shape index (κ2) is 9.76. The Morgan fingerprint density at radius 2 is 2.00 bits per heavy atom. The fourth-order valence-corrected chi connectivity index (χ4v) is 5.50. The van der Waals surface area contributed by atoms with E-state index in [1.54, 1.807) is 11.8 Å². The highest BCUT2D eigenvalue weighted by Crippen LogP contribution is 2.29. The molecule has 0 spiro atoms. The van der Waals surface area contributed by atoms with Crippen LogP contribution in [0, 0.1) is 0 Å². The molecule has 9 heteroatoms. The molecule has 4 aromatic rings. The van der Waals surface area contributed by atoms with Crippen molar-refractivity contribution in [2.75, 3.05) is 29.1 Å². The van der Waals surface area contributed by atoms with E-state index in [-0.39, 0.29) is 12.5 Å². The van der Waals surface area contributed by atoms with Gasteiger partial charge in [-0.15, -0.1) is 10.2 Å². The summed E-state index contributed by atoms with van der Waals surface area (Å²) in [6.07, 6.45) is 0.998. The van der Waals surface area contributed by atoms with E-state index in [4.69, 9.17) is 9.72 Å². The smallest absolute Gasteiger partial charge is 0.264 e. The summed E-state index contributed by atoms with van der Waals surface area (Å²) < 4.78 is 6.70. The lowest BCUT2D eigenvalue weighted by Gasteiger charge is -2.30. The van der Waals surface area contributed by atoms with Crippen LogP contribution in [0.1, 0.15) is 18.1 Å². The van der Waals surface area contributed by atoms with E-state index < -0.39 is 0 Å². The van der Waals surface area contributed by atoms with Gasteiger partial charge >= 0.3 is 0 Å². The number of thioether (sulfide) groups is 1. The first-order valence-electron chi connectivity index (χ1n) is 10.8. The summed E-state index contributed by atoms with van der Waals surface area (Å²) in [5, 5.41) is 12.2. The van der Waals surface area contributed by atoms with Crippen LogP contribution in [0.2, 0.25) is 0 Å². The molecule has 7 nitrogen and oxygen atoms in total. The van der Waals surface area contributed by atoms with Crippen molar-refractivity contribution in [3.8, 4) is 5.75 Å². The molecular weight excluding hydrogens is 454 g/mol. The van der Waals surface area contributed by atoms with Crippen molar-refractivity contribution in [2.45, 2.75) is 24.2 Å². The van der Waals surface area contributed by atoms with Gasteiger partial charge in [0.05, 0.1) is 0 Å². The zero-order valence-corrected chi connectivity index (χ0v) is 19.8. The average Bonchev–Trinajstić information content (AvgIpc) is 3.29. The van der Waals surface area contributed by atoms with Crippen LogP contribution < -0.4 is 15.0 Å². The van der Waals surface area contributed by atoms with Gasteiger partial charge in [-0.05, 0) is 41.5 Å². The fourth-order valence-electron chi connectivity index (χ4n) is 3.83. The first kappa shape index (κ1) is 21.7. The molecule has 0 bridgehead atoms. The molecule has 2 aromatic heterocycles. The number of carbonyl (C=O) groups excluding carboxylic acids is 1. The second-order valence-electron chi connectivity index (χ2n) is 7.58. The number of amides is 1. The van der Waals surface area contributed by atoms with Gasteiger partial charge in [-0.1, -0.05) is 66.4 Å². The summed E-state index contributed by atoms with van der Waals surface area (Å²) >= 11 is 2.95. The summed E-state index contributed by atoms with van der Waals surface area (Å²) in [5.74, 6) is 2.12. The molecular formula is C24H23N5O2S2. The maximum absolute atomic E-state index is 12.4. The zero-order chi connectivity index (χ0) is 22.6. The number of aromatic nitrogens is 3. The Hall–Kier alpha value is -3.17. The number of anilines is 2. The molecule has 1 aliphatic heterocycles. The molecule has 0 fully saturated rings. The third kappa shape index (κ3) is 4.94. The number of nitrogens with zero attached hydrogens (tertiary/aromatic N) is 4. The summed E-state index contributed by atoms with van der Waals surface area (Å²) in [4.78, 5) is 19.6. The minimum atomic E-state index is -0.278. The molecule has 0 saturated carbocycles. The van der Waals surface area contributed by atoms with Crippen LogP contribution in [0.5, 0.6) is 5.75 Å². The molecule has 1 aliphatic rings. The Morgan fingerprint density at radius 1 is 1.12 bits per heavy atom. The van der Waals surface area contributed by atoms with Crippen molar-refractivity contribution in [2.24, 2.45) is 0 Å². The average molecular weight is 478 g/mol. The molecule has 0 unspecified atom stereocenters. The van der Waals surface area contributed by atoms with Gasteiger partial charge < -0.3 is 9.64 Å². The molecule has 1 N–H and O–H groups in total. The van der Waals surface area contributed by atoms with E-state index in [0.717, 1.165) is 46.3 Å². The van der Waals surface area contributed by atoms with Crippen LogP contribution in [0.4, 0.5) is 10.9 Å². The maximum atomic E-state index is 12.4. The van der Waals surface area contributed by atoms with Crippen LogP contribution in [0.25, 0.3) is 10.9 Å². The number of para-hydroxylation sites is 1. The number of rotatable bonds is 7. The van der Waals surface area contributed by atoms with Gasteiger partial charge in [0.25, 0.3) is 5.91 Å². The number of hydrogen-bond acceptors (Lipinski definition) is 8. The van der Waals surface area contributed by atoms with E-state index in [1.165, 1.54) is 22.5 Å². The number of hydrogen-bond donors (Lipinski definition) is 1. The van der Waals surface area contributed by atoms with Crippen molar-refractivity contribution in [3.63, 3.8) is 0 Å². The monoisotopic (exact) mass is 477 g/mol. The molecule has 0 radical (unpaired) electrons. The van der Waals surface area contributed by atoms with Crippen LogP contribution in [-0.4, -0.2) is 40.0 Å². The SMILES string of the molecule is CCSc1nnc(NC(=O)COc2cccc3ccc(N4CCc5ccccc5C4)nc23)s1. The molecule has 0 saturated heterocycles. The van der Waals surface area contributed by atoms with E-state index in [2.05, 4.69) is 50.7 Å². The number of nitrogens with one attached hydrogen (secondary N) is 1. The summed E-state index contributed by atoms with van der Waals surface area (Å²) in [6.45, 7) is 3.67. The summed E-state index contributed by atoms with van der Waals surface area (Å²) in [6, 6.07) is 18.4. The van der Waals surface area contributed by atoms with Crippen LogP contribution >= 0.6 is 23.1 Å². The number of pyridine rings is 1. The summed E-state index contributed by atoms with van der Waals surface area (Å²) in [5.41, 5.74) is 3.49. The standard InChI is InChI=1S/C24H23N5O2S2/c1-2-32-24-28-27-23(33-24)26-21(30)15-31-19-9-5-8-17-10-11-20(25-22(17)19)29-13-12-16-6-3-4-7-18(16)14-29/h3-11H,2,12-15H2,1H3,(H,26,27,30). The third-order valence-electron chi connectivity index (χ3n) is 5.40. The lowest BCUT2D eigenvalue weighted by Crippen LogP contribution is -2.30. The van der Waals surface area contributed by atoms with Crippen molar-refractivity contribution in [1.29, 1.82) is 0 Å². The highest BCUT2D eigenvalue weighted by Gasteiger charge is 2.18. The van der Waals surface area contributed by atoms with Gasteiger partial charge in [0.15, 0.2) is 10.9 Å². The van der Waals surface area contributed by atoms with Crippen LogP contribution in [0.3, 0.4) is 0 Å². The largest absolute Gasteiger partial charge is 0.481 e. The van der Waals surface area contributed by atoms with Crippen LogP contribution in [-0.2, 0) is 17.8 Å². The molecule has 0 atom stereocenters. The second-order valence-corrected chi connectivity index (χ2v) is 10.1. The highest BCUT2D eigenvalue weighted by molar-refractivity contribution is 8.01. The lowest BCUT2D eigenvalue weighted by molar-refractivity contribution is -0.118. The highest BCUT2D eigenvalue weighted by atomic mass is 32.2. The minimum absolute atomic E-state index is 0.127. The molecule has 2 aromatic carbocycles. The van der Waals surface area contributed by atoms with Gasteiger partial charge in [-0.25, -0.2) is 4.98 Å². The Morgan fingerprint density at radius 3 is 2.88 bits per heavy atom. The van der Waals surface area contributed by atoms with E-state index in [1.807, 2.05) is 31.2 Å². The topological polar surface area (TPSA) is 80.2 Å². The predicted molar refractivity (Wildman–Crippen MR) is 133 cm³/mol. The van der Waals surface area contributed by atoms with Gasteiger partial charge in [0.2, 0.25) is 5.13 Å². The number of ether oxygens (including phenoxy) is 1. The maximum Gasteiger partial charge on any atom is 0.264 e. The quantitative estimate of drug-likeness (QED) is 0.303. The summed E-state index contributed by atoms with van der Waals surface area (Å²) in [7, 11) is 0. The Kier molecular flexibility index (Phi) is 6.41.